The lowest BCUT2D eigenvalue weighted by Gasteiger charge is -2.11. The van der Waals surface area contributed by atoms with Crippen LogP contribution in [-0.2, 0) is 0 Å². The molecule has 0 aliphatic rings. The van der Waals surface area contributed by atoms with Crippen LogP contribution in [0.4, 0.5) is 8.78 Å². The van der Waals surface area contributed by atoms with E-state index in [1.54, 1.807) is 0 Å². The largest absolute Gasteiger partial charge is 0.298 e. The van der Waals surface area contributed by atoms with Crippen molar-refractivity contribution in [1.82, 2.24) is 5.32 Å². The average molecular weight is 237 g/mol. The van der Waals surface area contributed by atoms with E-state index in [1.165, 1.54) is 0 Å². The molecule has 88 valence electrons. The van der Waals surface area contributed by atoms with Crippen LogP contribution >= 0.6 is 0 Å². The number of azide groups is 1. The summed E-state index contributed by atoms with van der Waals surface area (Å²) < 4.78 is 26.3. The van der Waals surface area contributed by atoms with E-state index in [0.29, 0.717) is 0 Å². The predicted molar refractivity (Wildman–Crippen MR) is 56.7 cm³/mol. The van der Waals surface area contributed by atoms with Crippen LogP contribution in [0.1, 0.15) is 11.6 Å². The fourth-order valence-electron chi connectivity index (χ4n) is 1.26. The SMILES string of the molecule is N#CC(NCCN=[N+]=[N-])c1cc(F)ccc1F. The molecule has 0 spiro atoms. The summed E-state index contributed by atoms with van der Waals surface area (Å²) in [5.74, 6) is -1.27. The average Bonchev–Trinajstić information content (AvgIpc) is 2.33. The number of hydrogen-bond donors (Lipinski definition) is 1. The van der Waals surface area contributed by atoms with E-state index in [-0.39, 0.29) is 18.7 Å². The molecule has 0 aromatic heterocycles. The minimum Gasteiger partial charge on any atom is -0.298 e. The predicted octanol–water partition coefficient (Wildman–Crippen LogP) is 2.43. The van der Waals surface area contributed by atoms with Gasteiger partial charge in [-0.1, -0.05) is 5.11 Å². The van der Waals surface area contributed by atoms with Crippen molar-refractivity contribution in [3.8, 4) is 6.07 Å². The van der Waals surface area contributed by atoms with Gasteiger partial charge in [-0.05, 0) is 23.7 Å². The molecule has 5 nitrogen and oxygen atoms in total. The van der Waals surface area contributed by atoms with Crippen LogP contribution in [0, 0.1) is 23.0 Å². The lowest BCUT2D eigenvalue weighted by molar-refractivity contribution is 0.550. The molecule has 1 N–H and O–H groups in total. The molecule has 1 aromatic carbocycles. The second-order valence-corrected chi connectivity index (χ2v) is 3.14. The van der Waals surface area contributed by atoms with E-state index in [4.69, 9.17) is 10.8 Å². The van der Waals surface area contributed by atoms with Gasteiger partial charge in [-0.25, -0.2) is 8.78 Å². The molecule has 1 atom stereocenters. The maximum Gasteiger partial charge on any atom is 0.129 e. The maximum atomic E-state index is 13.3. The number of rotatable bonds is 5. The van der Waals surface area contributed by atoms with Gasteiger partial charge in [0.15, 0.2) is 0 Å². The van der Waals surface area contributed by atoms with Gasteiger partial charge in [0.05, 0.1) is 6.07 Å². The summed E-state index contributed by atoms with van der Waals surface area (Å²) in [4.78, 5) is 2.53. The molecular formula is C10H9F2N5. The summed E-state index contributed by atoms with van der Waals surface area (Å²) in [6.07, 6.45) is 0. The van der Waals surface area contributed by atoms with Gasteiger partial charge < -0.3 is 0 Å². The van der Waals surface area contributed by atoms with Gasteiger partial charge >= 0.3 is 0 Å². The van der Waals surface area contributed by atoms with Crippen LogP contribution < -0.4 is 5.32 Å². The van der Waals surface area contributed by atoms with Crippen LogP contribution in [0.2, 0.25) is 0 Å². The summed E-state index contributed by atoms with van der Waals surface area (Å²) in [7, 11) is 0. The van der Waals surface area contributed by atoms with E-state index in [9.17, 15) is 8.78 Å². The molecule has 0 bridgehead atoms. The van der Waals surface area contributed by atoms with Gasteiger partial charge in [-0.2, -0.15) is 5.26 Å². The van der Waals surface area contributed by atoms with E-state index < -0.39 is 17.7 Å². The second-order valence-electron chi connectivity index (χ2n) is 3.14. The fourth-order valence-corrected chi connectivity index (χ4v) is 1.26. The van der Waals surface area contributed by atoms with Crippen molar-refractivity contribution in [3.63, 3.8) is 0 Å². The minimum absolute atomic E-state index is 0.0616. The van der Waals surface area contributed by atoms with E-state index in [1.807, 2.05) is 6.07 Å². The Balaban J connectivity index is 2.76. The molecule has 0 saturated heterocycles. The first-order valence-corrected chi connectivity index (χ1v) is 4.78. The quantitative estimate of drug-likeness (QED) is 0.369. The topological polar surface area (TPSA) is 84.6 Å². The highest BCUT2D eigenvalue weighted by Gasteiger charge is 2.15. The molecule has 0 aliphatic heterocycles. The first kappa shape index (κ1) is 12.9. The Morgan fingerprint density at radius 3 is 2.94 bits per heavy atom. The van der Waals surface area contributed by atoms with Crippen LogP contribution in [-0.4, -0.2) is 13.1 Å². The molecule has 0 heterocycles. The van der Waals surface area contributed by atoms with Crippen molar-refractivity contribution >= 4 is 0 Å². The smallest absolute Gasteiger partial charge is 0.129 e. The third-order valence-electron chi connectivity index (χ3n) is 2.02. The summed E-state index contributed by atoms with van der Waals surface area (Å²) in [6.45, 7) is 0.337. The van der Waals surface area contributed by atoms with Crippen LogP contribution in [0.15, 0.2) is 23.3 Å². The molecular weight excluding hydrogens is 228 g/mol. The molecule has 1 rings (SSSR count). The van der Waals surface area contributed by atoms with Gasteiger partial charge in [-0.15, -0.1) is 0 Å². The Bertz CT molecular complexity index is 476. The number of hydrogen-bond acceptors (Lipinski definition) is 3. The zero-order chi connectivity index (χ0) is 12.7. The first-order valence-electron chi connectivity index (χ1n) is 4.78. The van der Waals surface area contributed by atoms with Crippen LogP contribution in [0.3, 0.4) is 0 Å². The monoisotopic (exact) mass is 237 g/mol. The Kier molecular flexibility index (Phi) is 4.88. The molecule has 7 heteroatoms. The van der Waals surface area contributed by atoms with Crippen molar-refractivity contribution in [2.24, 2.45) is 5.11 Å². The summed E-state index contributed by atoms with van der Waals surface area (Å²) in [6, 6.07) is 3.74. The molecule has 0 amide bonds. The first-order chi connectivity index (χ1) is 8.19. The Morgan fingerprint density at radius 2 is 2.29 bits per heavy atom. The molecule has 0 fully saturated rings. The van der Waals surface area contributed by atoms with Gasteiger partial charge in [-0.3, -0.25) is 5.32 Å². The highest BCUT2D eigenvalue weighted by atomic mass is 19.1. The van der Waals surface area contributed by atoms with E-state index >= 15 is 0 Å². The van der Waals surface area contributed by atoms with Crippen LogP contribution in [0.5, 0.6) is 0 Å². The highest BCUT2D eigenvalue weighted by molar-refractivity contribution is 5.26. The number of nitrogens with zero attached hydrogens (tertiary/aromatic N) is 4. The third-order valence-corrected chi connectivity index (χ3v) is 2.02. The summed E-state index contributed by atoms with van der Waals surface area (Å²) in [5.41, 5.74) is 7.98. The van der Waals surface area contributed by atoms with Crippen molar-refractivity contribution in [3.05, 3.63) is 45.8 Å². The van der Waals surface area contributed by atoms with Crippen molar-refractivity contribution in [1.29, 1.82) is 5.26 Å². The van der Waals surface area contributed by atoms with Gasteiger partial charge in [0.2, 0.25) is 0 Å². The van der Waals surface area contributed by atoms with Crippen molar-refractivity contribution in [2.45, 2.75) is 6.04 Å². The molecule has 1 aromatic rings. The lowest BCUT2D eigenvalue weighted by Crippen LogP contribution is -2.23. The fraction of sp³-hybridized carbons (Fsp3) is 0.300. The lowest BCUT2D eigenvalue weighted by atomic mass is 10.1. The molecule has 0 saturated carbocycles. The molecule has 17 heavy (non-hydrogen) atoms. The minimum atomic E-state index is -0.973. The normalized spacial score (nSPS) is 11.4. The molecule has 1 unspecified atom stereocenters. The van der Waals surface area contributed by atoms with E-state index in [2.05, 4.69) is 15.3 Å². The Labute approximate surface area is 96.3 Å². The highest BCUT2D eigenvalue weighted by Crippen LogP contribution is 2.17. The summed E-state index contributed by atoms with van der Waals surface area (Å²) in [5, 5.41) is 14.8. The van der Waals surface area contributed by atoms with Crippen molar-refractivity contribution in [2.75, 3.05) is 13.1 Å². The maximum absolute atomic E-state index is 13.3. The van der Waals surface area contributed by atoms with E-state index in [0.717, 1.165) is 18.2 Å². The zero-order valence-corrected chi connectivity index (χ0v) is 8.77. The van der Waals surface area contributed by atoms with Gasteiger partial charge in [0, 0.05) is 23.6 Å². The summed E-state index contributed by atoms with van der Waals surface area (Å²) >= 11 is 0. The zero-order valence-electron chi connectivity index (χ0n) is 8.77. The standard InChI is InChI=1S/C10H9F2N5/c11-7-1-2-9(12)8(5-7)10(6-13)15-3-4-16-17-14/h1-2,5,10,15H,3-4H2. The van der Waals surface area contributed by atoms with Gasteiger partial charge in [0.1, 0.15) is 17.7 Å². The van der Waals surface area contributed by atoms with Gasteiger partial charge in [0.25, 0.3) is 0 Å². The van der Waals surface area contributed by atoms with Crippen molar-refractivity contribution < 1.29 is 8.78 Å². The van der Waals surface area contributed by atoms with Crippen LogP contribution in [0.25, 0.3) is 10.4 Å². The second kappa shape index (κ2) is 6.43. The number of nitrogens with one attached hydrogen (secondary N) is 1. The Hall–Kier alpha value is -2.16. The number of benzene rings is 1. The third kappa shape index (κ3) is 3.72. The number of halogens is 2. The Morgan fingerprint density at radius 1 is 1.53 bits per heavy atom. The molecule has 0 aliphatic carbocycles. The molecule has 0 radical (unpaired) electrons. The number of nitriles is 1.